The number of allylic oxidation sites excluding steroid dienone is 1. The fourth-order valence-electron chi connectivity index (χ4n) is 1.31. The van der Waals surface area contributed by atoms with E-state index in [1.807, 2.05) is 0 Å². The van der Waals surface area contributed by atoms with Gasteiger partial charge in [-0.15, -0.1) is 0 Å². The van der Waals surface area contributed by atoms with Crippen LogP contribution in [0.5, 0.6) is 0 Å². The predicted molar refractivity (Wildman–Crippen MR) is 48.4 cm³/mol. The first-order valence-corrected chi connectivity index (χ1v) is 3.96. The van der Waals surface area contributed by atoms with E-state index < -0.39 is 0 Å². The molecule has 0 fully saturated rings. The maximum absolute atomic E-state index is 5.58. The summed E-state index contributed by atoms with van der Waals surface area (Å²) in [5, 5.41) is 0. The van der Waals surface area contributed by atoms with Gasteiger partial charge < -0.3 is 10.6 Å². The van der Waals surface area contributed by atoms with Gasteiger partial charge in [-0.1, -0.05) is 12.2 Å². The van der Waals surface area contributed by atoms with Crippen molar-refractivity contribution in [3.05, 3.63) is 23.3 Å². The molecule has 0 heterocycles. The Morgan fingerprint density at radius 3 is 2.82 bits per heavy atom. The summed E-state index contributed by atoms with van der Waals surface area (Å²) >= 11 is 0. The van der Waals surface area contributed by atoms with E-state index in [1.54, 1.807) is 0 Å². The molecule has 0 saturated heterocycles. The predicted octanol–water partition coefficient (Wildman–Crippen LogP) is 0.763. The van der Waals surface area contributed by atoms with Crippen LogP contribution in [0.4, 0.5) is 0 Å². The molecule has 0 aromatic rings. The molecule has 11 heavy (non-hydrogen) atoms. The van der Waals surface area contributed by atoms with E-state index in [0.29, 0.717) is 6.54 Å². The minimum Gasteiger partial charge on any atom is -0.327 e. The number of nitrogens with two attached hydrogens (primary N) is 1. The molecule has 0 unspecified atom stereocenters. The van der Waals surface area contributed by atoms with Crippen LogP contribution in [0.1, 0.15) is 6.42 Å². The largest absolute Gasteiger partial charge is 0.327 e. The van der Waals surface area contributed by atoms with Crippen molar-refractivity contribution >= 4 is 0 Å². The first-order chi connectivity index (χ1) is 5.24. The minimum atomic E-state index is 0.705. The van der Waals surface area contributed by atoms with Crippen LogP contribution in [-0.2, 0) is 0 Å². The van der Waals surface area contributed by atoms with E-state index in [2.05, 4.69) is 31.1 Å². The van der Waals surface area contributed by atoms with Crippen LogP contribution >= 0.6 is 0 Å². The van der Waals surface area contributed by atoms with Gasteiger partial charge in [0.15, 0.2) is 0 Å². The third kappa shape index (κ3) is 2.17. The highest BCUT2D eigenvalue weighted by molar-refractivity contribution is 5.35. The number of rotatable bonds is 3. The Labute approximate surface area is 68.4 Å². The zero-order chi connectivity index (χ0) is 8.27. The summed E-state index contributed by atoms with van der Waals surface area (Å²) in [6.07, 6.45) is 5.42. The highest BCUT2D eigenvalue weighted by Crippen LogP contribution is 2.17. The lowest BCUT2D eigenvalue weighted by Crippen LogP contribution is -2.16. The van der Waals surface area contributed by atoms with Crippen LogP contribution in [0.3, 0.4) is 0 Å². The Balaban J connectivity index is 2.59. The van der Waals surface area contributed by atoms with Crippen molar-refractivity contribution in [2.75, 3.05) is 27.2 Å². The molecule has 2 heteroatoms. The second kappa shape index (κ2) is 3.69. The molecule has 0 aliphatic heterocycles. The Bertz CT molecular complexity index is 190. The average molecular weight is 152 g/mol. The van der Waals surface area contributed by atoms with Gasteiger partial charge in [0.25, 0.3) is 0 Å². The fourth-order valence-corrected chi connectivity index (χ4v) is 1.31. The standard InChI is InChI=1S/C9H16N2/c1-11(2)7-9-5-3-4-8(9)6-10/h3,5H,4,6-7,10H2,1-2H3. The van der Waals surface area contributed by atoms with Crippen LogP contribution in [-0.4, -0.2) is 32.1 Å². The molecular formula is C9H16N2. The average Bonchev–Trinajstić information content (AvgIpc) is 2.34. The molecule has 0 radical (unpaired) electrons. The van der Waals surface area contributed by atoms with Crippen LogP contribution in [0.25, 0.3) is 0 Å². The normalized spacial score (nSPS) is 17.1. The molecule has 0 aromatic carbocycles. The molecule has 0 bridgehead atoms. The summed E-state index contributed by atoms with van der Waals surface area (Å²) in [4.78, 5) is 2.17. The maximum atomic E-state index is 5.58. The molecule has 0 aromatic heterocycles. The van der Waals surface area contributed by atoms with Crippen molar-refractivity contribution in [2.45, 2.75) is 6.42 Å². The maximum Gasteiger partial charge on any atom is 0.0227 e. The van der Waals surface area contributed by atoms with Crippen molar-refractivity contribution < 1.29 is 0 Å². The van der Waals surface area contributed by atoms with Gasteiger partial charge >= 0.3 is 0 Å². The molecule has 62 valence electrons. The van der Waals surface area contributed by atoms with E-state index in [9.17, 15) is 0 Å². The van der Waals surface area contributed by atoms with Crippen LogP contribution in [0.15, 0.2) is 23.3 Å². The van der Waals surface area contributed by atoms with Gasteiger partial charge in [-0.2, -0.15) is 0 Å². The number of nitrogens with zero attached hydrogens (tertiary/aromatic N) is 1. The van der Waals surface area contributed by atoms with Crippen molar-refractivity contribution in [3.63, 3.8) is 0 Å². The van der Waals surface area contributed by atoms with Gasteiger partial charge in [0, 0.05) is 13.1 Å². The van der Waals surface area contributed by atoms with Crippen molar-refractivity contribution in [2.24, 2.45) is 5.73 Å². The number of hydrogen-bond acceptors (Lipinski definition) is 2. The summed E-state index contributed by atoms with van der Waals surface area (Å²) < 4.78 is 0. The van der Waals surface area contributed by atoms with Gasteiger partial charge in [-0.25, -0.2) is 0 Å². The Morgan fingerprint density at radius 2 is 2.27 bits per heavy atom. The summed E-state index contributed by atoms with van der Waals surface area (Å²) in [5.41, 5.74) is 8.37. The number of hydrogen-bond donors (Lipinski definition) is 1. The molecule has 1 rings (SSSR count). The molecular weight excluding hydrogens is 136 g/mol. The van der Waals surface area contributed by atoms with Crippen molar-refractivity contribution in [1.82, 2.24) is 4.90 Å². The van der Waals surface area contributed by atoms with Crippen LogP contribution in [0, 0.1) is 0 Å². The van der Waals surface area contributed by atoms with Gasteiger partial charge in [-0.3, -0.25) is 0 Å². The zero-order valence-electron chi connectivity index (χ0n) is 7.30. The van der Waals surface area contributed by atoms with Gasteiger partial charge in [0.05, 0.1) is 0 Å². The summed E-state index contributed by atoms with van der Waals surface area (Å²) in [6.45, 7) is 1.72. The molecule has 0 atom stereocenters. The fraction of sp³-hybridized carbons (Fsp3) is 0.556. The lowest BCUT2D eigenvalue weighted by molar-refractivity contribution is 0.448. The van der Waals surface area contributed by atoms with E-state index in [1.165, 1.54) is 11.1 Å². The summed E-state index contributed by atoms with van der Waals surface area (Å²) in [6, 6.07) is 0. The van der Waals surface area contributed by atoms with E-state index in [0.717, 1.165) is 13.0 Å². The smallest absolute Gasteiger partial charge is 0.0227 e. The lowest BCUT2D eigenvalue weighted by Gasteiger charge is -2.11. The third-order valence-corrected chi connectivity index (χ3v) is 1.87. The highest BCUT2D eigenvalue weighted by Gasteiger charge is 2.07. The lowest BCUT2D eigenvalue weighted by atomic mass is 10.1. The SMILES string of the molecule is CN(C)CC1=C(CN)CC=C1. The Kier molecular flexibility index (Phi) is 2.85. The second-order valence-electron chi connectivity index (χ2n) is 3.18. The molecule has 1 aliphatic rings. The zero-order valence-corrected chi connectivity index (χ0v) is 7.30. The molecule has 2 N–H and O–H groups in total. The first kappa shape index (κ1) is 8.50. The quantitative estimate of drug-likeness (QED) is 0.647. The van der Waals surface area contributed by atoms with E-state index in [4.69, 9.17) is 5.73 Å². The Hall–Kier alpha value is -0.600. The van der Waals surface area contributed by atoms with Crippen LogP contribution < -0.4 is 5.73 Å². The van der Waals surface area contributed by atoms with Gasteiger partial charge in [-0.05, 0) is 31.7 Å². The molecule has 0 amide bonds. The van der Waals surface area contributed by atoms with Crippen LogP contribution in [0.2, 0.25) is 0 Å². The molecule has 0 spiro atoms. The number of likely N-dealkylation sites (N-methyl/N-ethyl adjacent to an activating group) is 1. The van der Waals surface area contributed by atoms with Gasteiger partial charge in [0.1, 0.15) is 0 Å². The van der Waals surface area contributed by atoms with E-state index in [-0.39, 0.29) is 0 Å². The molecule has 1 aliphatic carbocycles. The summed E-state index contributed by atoms with van der Waals surface area (Å²) in [7, 11) is 4.15. The monoisotopic (exact) mass is 152 g/mol. The highest BCUT2D eigenvalue weighted by atomic mass is 15.0. The Morgan fingerprint density at radius 1 is 1.55 bits per heavy atom. The minimum absolute atomic E-state index is 0.705. The van der Waals surface area contributed by atoms with Crippen molar-refractivity contribution in [3.8, 4) is 0 Å². The molecule has 0 saturated carbocycles. The first-order valence-electron chi connectivity index (χ1n) is 3.96. The molecule has 2 nitrogen and oxygen atoms in total. The van der Waals surface area contributed by atoms with E-state index >= 15 is 0 Å². The third-order valence-electron chi connectivity index (χ3n) is 1.87. The summed E-state index contributed by atoms with van der Waals surface area (Å²) in [5.74, 6) is 0. The van der Waals surface area contributed by atoms with Gasteiger partial charge in [0.2, 0.25) is 0 Å². The topological polar surface area (TPSA) is 29.3 Å². The van der Waals surface area contributed by atoms with Crippen molar-refractivity contribution in [1.29, 1.82) is 0 Å². The second-order valence-corrected chi connectivity index (χ2v) is 3.18.